The molecule has 0 saturated heterocycles. The van der Waals surface area contributed by atoms with Crippen molar-refractivity contribution in [2.45, 2.75) is 18.7 Å². The molecule has 20 heavy (non-hydrogen) atoms. The Hall–Kier alpha value is -1.95. The summed E-state index contributed by atoms with van der Waals surface area (Å²) in [5.41, 5.74) is 2.05. The van der Waals surface area contributed by atoms with Gasteiger partial charge in [-0.3, -0.25) is 4.72 Å². The third-order valence-corrected chi connectivity index (χ3v) is 4.34. The van der Waals surface area contributed by atoms with Crippen molar-refractivity contribution < 1.29 is 17.2 Å². The molecule has 2 aromatic rings. The molecule has 106 valence electrons. The normalized spacial score (nSPS) is 11.4. The molecule has 0 aromatic heterocycles. The number of halogens is 2. The number of aryl methyl sites for hydroxylation is 1. The highest BCUT2D eigenvalue weighted by molar-refractivity contribution is 7.92. The maximum Gasteiger partial charge on any atom is 0.262 e. The molecule has 1 N–H and O–H groups in total. The number of hydrogen-bond donors (Lipinski definition) is 1. The number of anilines is 1. The van der Waals surface area contributed by atoms with Crippen molar-refractivity contribution >= 4 is 15.7 Å². The summed E-state index contributed by atoms with van der Waals surface area (Å²) in [6.07, 6.45) is 0. The molecule has 0 aliphatic carbocycles. The lowest BCUT2D eigenvalue weighted by Gasteiger charge is -2.12. The monoisotopic (exact) mass is 297 g/mol. The molecule has 0 aliphatic rings. The summed E-state index contributed by atoms with van der Waals surface area (Å²) in [5.74, 6) is -1.88. The van der Waals surface area contributed by atoms with E-state index in [1.165, 1.54) is 0 Å². The van der Waals surface area contributed by atoms with E-state index < -0.39 is 26.6 Å². The van der Waals surface area contributed by atoms with E-state index in [0.717, 1.165) is 23.3 Å². The van der Waals surface area contributed by atoms with Crippen LogP contribution in [0.3, 0.4) is 0 Å². The molecule has 2 rings (SSSR count). The first-order valence-electron chi connectivity index (χ1n) is 5.85. The second kappa shape index (κ2) is 5.20. The van der Waals surface area contributed by atoms with E-state index in [1.807, 2.05) is 13.0 Å². The van der Waals surface area contributed by atoms with Crippen molar-refractivity contribution in [3.8, 4) is 0 Å². The fraction of sp³-hybridized carbons (Fsp3) is 0.143. The van der Waals surface area contributed by atoms with Crippen LogP contribution in [0.1, 0.15) is 11.1 Å². The van der Waals surface area contributed by atoms with E-state index in [4.69, 9.17) is 0 Å². The van der Waals surface area contributed by atoms with E-state index in [2.05, 4.69) is 4.72 Å². The first kappa shape index (κ1) is 14.5. The van der Waals surface area contributed by atoms with Gasteiger partial charge in [-0.2, -0.15) is 0 Å². The summed E-state index contributed by atoms with van der Waals surface area (Å²) in [7, 11) is -4.03. The summed E-state index contributed by atoms with van der Waals surface area (Å²) in [5, 5.41) is 0. The highest BCUT2D eigenvalue weighted by Crippen LogP contribution is 2.22. The molecular weight excluding hydrogens is 284 g/mol. The number of hydrogen-bond acceptors (Lipinski definition) is 2. The highest BCUT2D eigenvalue weighted by Gasteiger charge is 2.17. The SMILES string of the molecule is Cc1cccc(NS(=O)(=O)c2cc(F)cc(F)c2)c1C. The quantitative estimate of drug-likeness (QED) is 0.944. The van der Waals surface area contributed by atoms with Crippen molar-refractivity contribution in [1.29, 1.82) is 0 Å². The summed E-state index contributed by atoms with van der Waals surface area (Å²) in [6.45, 7) is 3.61. The van der Waals surface area contributed by atoms with E-state index in [1.54, 1.807) is 19.1 Å². The molecule has 0 unspecified atom stereocenters. The largest absolute Gasteiger partial charge is 0.279 e. The Morgan fingerprint density at radius 2 is 1.60 bits per heavy atom. The molecule has 6 heteroatoms. The topological polar surface area (TPSA) is 46.2 Å². The second-order valence-corrected chi connectivity index (χ2v) is 6.14. The van der Waals surface area contributed by atoms with Crippen molar-refractivity contribution in [3.63, 3.8) is 0 Å². The molecule has 0 radical (unpaired) electrons. The van der Waals surface area contributed by atoms with Crippen LogP contribution < -0.4 is 4.72 Å². The molecule has 0 saturated carbocycles. The average molecular weight is 297 g/mol. The zero-order valence-corrected chi connectivity index (χ0v) is 11.8. The first-order valence-corrected chi connectivity index (χ1v) is 7.33. The molecule has 0 aliphatic heterocycles. The molecular formula is C14H13F2NO2S. The lowest BCUT2D eigenvalue weighted by molar-refractivity contribution is 0.568. The first-order chi connectivity index (χ1) is 9.29. The lowest BCUT2D eigenvalue weighted by Crippen LogP contribution is -2.14. The Morgan fingerprint density at radius 3 is 2.20 bits per heavy atom. The van der Waals surface area contributed by atoms with E-state index >= 15 is 0 Å². The second-order valence-electron chi connectivity index (χ2n) is 4.46. The zero-order chi connectivity index (χ0) is 14.9. The third-order valence-electron chi connectivity index (χ3n) is 3.00. The van der Waals surface area contributed by atoms with Gasteiger partial charge in [-0.1, -0.05) is 12.1 Å². The fourth-order valence-electron chi connectivity index (χ4n) is 1.75. The predicted octanol–water partition coefficient (Wildman–Crippen LogP) is 3.38. The zero-order valence-electron chi connectivity index (χ0n) is 10.9. The smallest absolute Gasteiger partial charge is 0.262 e. The maximum absolute atomic E-state index is 13.1. The van der Waals surface area contributed by atoms with Crippen LogP contribution >= 0.6 is 0 Å². The van der Waals surface area contributed by atoms with Gasteiger partial charge >= 0.3 is 0 Å². The van der Waals surface area contributed by atoms with E-state index in [-0.39, 0.29) is 0 Å². The number of sulfonamides is 1. The van der Waals surface area contributed by atoms with Crippen LogP contribution in [0, 0.1) is 25.5 Å². The van der Waals surface area contributed by atoms with Crippen LogP contribution in [-0.2, 0) is 10.0 Å². The molecule has 0 heterocycles. The van der Waals surface area contributed by atoms with Gasteiger partial charge in [0.15, 0.2) is 0 Å². The van der Waals surface area contributed by atoms with Gasteiger partial charge in [0.25, 0.3) is 10.0 Å². The molecule has 2 aromatic carbocycles. The summed E-state index contributed by atoms with van der Waals surface area (Å²) >= 11 is 0. The summed E-state index contributed by atoms with van der Waals surface area (Å²) in [6, 6.07) is 7.31. The third kappa shape index (κ3) is 2.96. The van der Waals surface area contributed by atoms with Gasteiger partial charge in [-0.05, 0) is 43.2 Å². The van der Waals surface area contributed by atoms with Gasteiger partial charge in [0.05, 0.1) is 10.6 Å². The van der Waals surface area contributed by atoms with Crippen molar-refractivity contribution in [2.24, 2.45) is 0 Å². The highest BCUT2D eigenvalue weighted by atomic mass is 32.2. The lowest BCUT2D eigenvalue weighted by atomic mass is 10.1. The Labute approximate surface area is 116 Å². The Kier molecular flexibility index (Phi) is 3.76. The van der Waals surface area contributed by atoms with Crippen LogP contribution in [0.5, 0.6) is 0 Å². The molecule has 0 atom stereocenters. The van der Waals surface area contributed by atoms with Gasteiger partial charge < -0.3 is 0 Å². The molecule has 3 nitrogen and oxygen atoms in total. The summed E-state index contributed by atoms with van der Waals surface area (Å²) < 4.78 is 52.8. The van der Waals surface area contributed by atoms with Crippen LogP contribution in [-0.4, -0.2) is 8.42 Å². The minimum absolute atomic E-state index is 0.384. The van der Waals surface area contributed by atoms with E-state index in [9.17, 15) is 17.2 Å². The minimum Gasteiger partial charge on any atom is -0.279 e. The van der Waals surface area contributed by atoms with Crippen LogP contribution in [0.25, 0.3) is 0 Å². The Balaban J connectivity index is 2.43. The van der Waals surface area contributed by atoms with Gasteiger partial charge in [0, 0.05) is 6.07 Å². The Bertz CT molecular complexity index is 738. The van der Waals surface area contributed by atoms with E-state index in [0.29, 0.717) is 11.8 Å². The average Bonchev–Trinajstić information content (AvgIpc) is 2.33. The standard InChI is InChI=1S/C14H13F2NO2S/c1-9-4-3-5-14(10(9)2)17-20(18,19)13-7-11(15)6-12(16)8-13/h3-8,17H,1-2H3. The Morgan fingerprint density at radius 1 is 1.00 bits per heavy atom. The fourth-order valence-corrected chi connectivity index (χ4v) is 2.91. The molecule has 0 bridgehead atoms. The van der Waals surface area contributed by atoms with Gasteiger partial charge in [-0.15, -0.1) is 0 Å². The van der Waals surface area contributed by atoms with Gasteiger partial charge in [0.2, 0.25) is 0 Å². The van der Waals surface area contributed by atoms with Crippen molar-refractivity contribution in [2.75, 3.05) is 4.72 Å². The molecule has 0 amide bonds. The van der Waals surface area contributed by atoms with Crippen LogP contribution in [0.2, 0.25) is 0 Å². The number of benzene rings is 2. The molecule has 0 fully saturated rings. The van der Waals surface area contributed by atoms with Gasteiger partial charge in [0.1, 0.15) is 11.6 Å². The predicted molar refractivity (Wildman–Crippen MR) is 73.1 cm³/mol. The molecule has 0 spiro atoms. The van der Waals surface area contributed by atoms with Crippen LogP contribution in [0.4, 0.5) is 14.5 Å². The number of rotatable bonds is 3. The van der Waals surface area contributed by atoms with Crippen LogP contribution in [0.15, 0.2) is 41.3 Å². The number of nitrogens with one attached hydrogen (secondary N) is 1. The van der Waals surface area contributed by atoms with Crippen molar-refractivity contribution in [3.05, 3.63) is 59.2 Å². The minimum atomic E-state index is -4.03. The summed E-state index contributed by atoms with van der Waals surface area (Å²) in [4.78, 5) is -0.448. The maximum atomic E-state index is 13.1. The van der Waals surface area contributed by atoms with Crippen molar-refractivity contribution in [1.82, 2.24) is 0 Å². The van der Waals surface area contributed by atoms with Gasteiger partial charge in [-0.25, -0.2) is 17.2 Å².